The molecule has 2 aliphatic heterocycles. The van der Waals surface area contributed by atoms with Gasteiger partial charge in [0.2, 0.25) is 0 Å². The maximum Gasteiger partial charge on any atom is 0.331 e. The first-order chi connectivity index (χ1) is 12.2. The minimum Gasteiger partial charge on any atom is -0.458 e. The van der Waals surface area contributed by atoms with Gasteiger partial charge in [0.15, 0.2) is 6.29 Å². The predicted molar refractivity (Wildman–Crippen MR) is 92.9 cm³/mol. The van der Waals surface area contributed by atoms with E-state index in [0.717, 1.165) is 31.3 Å². The molecule has 0 amide bonds. The fourth-order valence-electron chi connectivity index (χ4n) is 6.37. The molecule has 2 heterocycles. The van der Waals surface area contributed by atoms with E-state index in [4.69, 9.17) is 9.47 Å². The van der Waals surface area contributed by atoms with Gasteiger partial charge in [0, 0.05) is 6.08 Å². The van der Waals surface area contributed by atoms with Gasteiger partial charge in [0.1, 0.15) is 12.2 Å². The van der Waals surface area contributed by atoms with Gasteiger partial charge in [0.05, 0.1) is 18.1 Å². The first kappa shape index (κ1) is 18.4. The van der Waals surface area contributed by atoms with Crippen LogP contribution in [-0.2, 0) is 14.3 Å². The summed E-state index contributed by atoms with van der Waals surface area (Å²) in [5.41, 5.74) is -1.31. The van der Waals surface area contributed by atoms with Crippen molar-refractivity contribution in [3.8, 4) is 0 Å². The Morgan fingerprint density at radius 2 is 2.04 bits per heavy atom. The molecule has 3 fully saturated rings. The number of aliphatic hydroxyl groups is 3. The molecule has 0 bridgehead atoms. The Labute approximate surface area is 154 Å². The highest BCUT2D eigenvalue weighted by Crippen LogP contribution is 2.67. The normalized spacial score (nSPS) is 50.8. The van der Waals surface area contributed by atoms with Crippen LogP contribution in [0.15, 0.2) is 11.6 Å². The van der Waals surface area contributed by atoms with Crippen LogP contribution in [0.5, 0.6) is 0 Å². The third-order valence-corrected chi connectivity index (χ3v) is 8.23. The number of ether oxygens (including phenoxy) is 2. The largest absolute Gasteiger partial charge is 0.458 e. The zero-order chi connectivity index (χ0) is 18.7. The van der Waals surface area contributed by atoms with Crippen LogP contribution in [-0.4, -0.2) is 52.5 Å². The van der Waals surface area contributed by atoms with Crippen LogP contribution in [0.2, 0.25) is 0 Å². The molecule has 4 rings (SSSR count). The number of carbonyl (C=O) groups is 1. The molecule has 26 heavy (non-hydrogen) atoms. The number of hydrogen-bond donors (Lipinski definition) is 3. The van der Waals surface area contributed by atoms with E-state index in [1.165, 1.54) is 0 Å². The van der Waals surface area contributed by atoms with Crippen LogP contribution in [0.25, 0.3) is 0 Å². The number of esters is 1. The van der Waals surface area contributed by atoms with Crippen molar-refractivity contribution in [2.24, 2.45) is 22.7 Å². The van der Waals surface area contributed by atoms with Crippen molar-refractivity contribution in [1.29, 1.82) is 0 Å². The zero-order valence-corrected chi connectivity index (χ0v) is 15.6. The molecular formula is C20H30O6. The number of rotatable bonds is 3. The second-order valence-corrected chi connectivity index (χ2v) is 9.13. The Bertz CT molecular complexity index is 632. The molecule has 2 saturated carbocycles. The topological polar surface area (TPSA) is 96.2 Å². The summed E-state index contributed by atoms with van der Waals surface area (Å²) in [6.45, 7) is 4.84. The van der Waals surface area contributed by atoms with Crippen molar-refractivity contribution in [3.05, 3.63) is 11.6 Å². The summed E-state index contributed by atoms with van der Waals surface area (Å²) in [6.07, 6.45) is 4.13. The quantitative estimate of drug-likeness (QED) is 0.656. The van der Waals surface area contributed by atoms with Gasteiger partial charge in [-0.2, -0.15) is 0 Å². The van der Waals surface area contributed by atoms with E-state index in [0.29, 0.717) is 25.4 Å². The Kier molecular flexibility index (Phi) is 4.27. The van der Waals surface area contributed by atoms with Crippen LogP contribution in [0.3, 0.4) is 0 Å². The highest BCUT2D eigenvalue weighted by atomic mass is 16.6. The molecule has 0 aromatic carbocycles. The van der Waals surface area contributed by atoms with E-state index in [2.05, 4.69) is 13.8 Å². The summed E-state index contributed by atoms with van der Waals surface area (Å²) < 4.78 is 10.5. The number of carbonyl (C=O) groups excluding carboxylic acids is 1. The van der Waals surface area contributed by atoms with Crippen LogP contribution in [0.1, 0.15) is 52.4 Å². The first-order valence-electron chi connectivity index (χ1n) is 9.80. The van der Waals surface area contributed by atoms with E-state index in [9.17, 15) is 20.1 Å². The van der Waals surface area contributed by atoms with E-state index in [1.807, 2.05) is 0 Å². The van der Waals surface area contributed by atoms with Crippen molar-refractivity contribution in [2.45, 2.75) is 70.4 Å². The molecule has 0 radical (unpaired) electrons. The van der Waals surface area contributed by atoms with E-state index >= 15 is 0 Å². The van der Waals surface area contributed by atoms with Gasteiger partial charge in [0.25, 0.3) is 0 Å². The van der Waals surface area contributed by atoms with Crippen molar-refractivity contribution in [2.75, 3.05) is 13.2 Å². The molecule has 1 spiro atoms. The minimum absolute atomic E-state index is 0.0101. The lowest BCUT2D eigenvalue weighted by atomic mass is 9.42. The van der Waals surface area contributed by atoms with Gasteiger partial charge >= 0.3 is 5.97 Å². The van der Waals surface area contributed by atoms with E-state index in [-0.39, 0.29) is 23.9 Å². The minimum atomic E-state index is -1.39. The summed E-state index contributed by atoms with van der Waals surface area (Å²) in [5, 5.41) is 32.7. The Morgan fingerprint density at radius 3 is 2.73 bits per heavy atom. The molecule has 7 atom stereocenters. The average molecular weight is 366 g/mol. The SMILES string of the molecule is C[C@H]1CC[C@@]23[C@H](O)OC[C@]2(O)[C@H](O)CC[C@H]3[C@]1(C)CCC1=CC(=O)OC1. The summed E-state index contributed by atoms with van der Waals surface area (Å²) in [5.74, 6) is 0.209. The summed E-state index contributed by atoms with van der Waals surface area (Å²) in [4.78, 5) is 11.3. The maximum atomic E-state index is 11.4. The molecule has 6 nitrogen and oxygen atoms in total. The van der Waals surface area contributed by atoms with Crippen molar-refractivity contribution < 1.29 is 29.6 Å². The standard InChI is InChI=1S/C20H30O6/c1-12-5-8-19-14(3-4-15(21)20(19,24)11-26-17(19)23)18(12,2)7-6-13-9-16(22)25-10-13/h9,12,14-15,17,21,23-24H,3-8,10-11H2,1-2H3/t12-,14-,15+,17+,18+,19+,20-/m0/s1. The van der Waals surface area contributed by atoms with Gasteiger partial charge in [-0.3, -0.25) is 0 Å². The van der Waals surface area contributed by atoms with Gasteiger partial charge < -0.3 is 24.8 Å². The Morgan fingerprint density at radius 1 is 1.27 bits per heavy atom. The van der Waals surface area contributed by atoms with Crippen molar-refractivity contribution in [1.82, 2.24) is 0 Å². The van der Waals surface area contributed by atoms with Crippen LogP contribution >= 0.6 is 0 Å². The molecule has 0 unspecified atom stereocenters. The Hall–Kier alpha value is -0.950. The average Bonchev–Trinajstić information content (AvgIpc) is 3.14. The van der Waals surface area contributed by atoms with Crippen molar-refractivity contribution >= 4 is 5.97 Å². The third kappa shape index (κ3) is 2.28. The molecule has 0 aromatic rings. The van der Waals surface area contributed by atoms with E-state index in [1.54, 1.807) is 6.08 Å². The van der Waals surface area contributed by atoms with Gasteiger partial charge in [-0.05, 0) is 61.3 Å². The lowest BCUT2D eigenvalue weighted by Gasteiger charge is -2.63. The second-order valence-electron chi connectivity index (χ2n) is 9.13. The molecule has 4 aliphatic rings. The number of aliphatic hydroxyl groups excluding tert-OH is 2. The molecule has 6 heteroatoms. The molecule has 2 aliphatic carbocycles. The fraction of sp³-hybridized carbons (Fsp3) is 0.850. The highest BCUT2D eigenvalue weighted by molar-refractivity contribution is 5.85. The second kappa shape index (κ2) is 6.03. The lowest BCUT2D eigenvalue weighted by Crippen LogP contribution is -2.68. The molecule has 1 saturated heterocycles. The van der Waals surface area contributed by atoms with E-state index < -0.39 is 23.4 Å². The van der Waals surface area contributed by atoms with Gasteiger partial charge in [-0.1, -0.05) is 13.8 Å². The number of cyclic esters (lactones) is 1. The first-order valence-corrected chi connectivity index (χ1v) is 9.80. The maximum absolute atomic E-state index is 11.4. The summed E-state index contributed by atoms with van der Waals surface area (Å²) >= 11 is 0. The van der Waals surface area contributed by atoms with Crippen molar-refractivity contribution in [3.63, 3.8) is 0 Å². The highest BCUT2D eigenvalue weighted by Gasteiger charge is 2.72. The predicted octanol–water partition coefficient (Wildman–Crippen LogP) is 1.52. The molecule has 0 aromatic heterocycles. The molecule has 3 N–H and O–H groups in total. The zero-order valence-electron chi connectivity index (χ0n) is 15.6. The van der Waals surface area contributed by atoms with Crippen LogP contribution < -0.4 is 0 Å². The van der Waals surface area contributed by atoms with Gasteiger partial charge in [-0.15, -0.1) is 0 Å². The molecule has 146 valence electrons. The van der Waals surface area contributed by atoms with Crippen LogP contribution in [0.4, 0.5) is 0 Å². The monoisotopic (exact) mass is 366 g/mol. The summed E-state index contributed by atoms with van der Waals surface area (Å²) in [6, 6.07) is 0. The molecular weight excluding hydrogens is 336 g/mol. The van der Waals surface area contributed by atoms with Crippen LogP contribution in [0, 0.1) is 22.7 Å². The number of hydrogen-bond acceptors (Lipinski definition) is 6. The summed E-state index contributed by atoms with van der Waals surface area (Å²) in [7, 11) is 0. The smallest absolute Gasteiger partial charge is 0.331 e. The van der Waals surface area contributed by atoms with Gasteiger partial charge in [-0.25, -0.2) is 4.79 Å². The third-order valence-electron chi connectivity index (χ3n) is 8.23. The Balaban J connectivity index is 1.66. The fourth-order valence-corrected chi connectivity index (χ4v) is 6.37. The lowest BCUT2D eigenvalue weighted by molar-refractivity contribution is -0.262.